The highest BCUT2D eigenvalue weighted by Gasteiger charge is 2.13. The fourth-order valence-electron chi connectivity index (χ4n) is 3.45. The Morgan fingerprint density at radius 2 is 1.70 bits per heavy atom. The first-order chi connectivity index (χ1) is 16.1. The van der Waals surface area contributed by atoms with Crippen molar-refractivity contribution in [3.8, 4) is 17.3 Å². The minimum absolute atomic E-state index is 0.166. The highest BCUT2D eigenvalue weighted by molar-refractivity contribution is 5.59. The lowest BCUT2D eigenvalue weighted by molar-refractivity contribution is 0.395. The van der Waals surface area contributed by atoms with Gasteiger partial charge in [0.25, 0.3) is 0 Å². The molecule has 0 aliphatic carbocycles. The highest BCUT2D eigenvalue weighted by atomic mass is 19.1. The van der Waals surface area contributed by atoms with Crippen LogP contribution in [0.1, 0.15) is 16.7 Å². The Morgan fingerprint density at radius 3 is 2.39 bits per heavy atom. The SMILES string of the molecule is COc1cc(Nc2ncc(F)c(-n3cc(C)c(CNCc4ccccc4)c3)n2)cc(OC)c1. The Labute approximate surface area is 192 Å². The first-order valence-corrected chi connectivity index (χ1v) is 10.5. The standard InChI is InChI=1S/C25H26FN5O2/c1-17-15-31(16-19(17)13-27-12-18-7-5-4-6-8-18)24-23(26)14-28-25(30-24)29-20-9-21(32-2)11-22(10-20)33-3/h4-11,14-16,27H,12-13H2,1-3H3,(H,28,29,30). The molecule has 170 valence electrons. The fourth-order valence-corrected chi connectivity index (χ4v) is 3.45. The Balaban J connectivity index is 1.51. The van der Waals surface area contributed by atoms with Crippen LogP contribution in [0, 0.1) is 12.7 Å². The molecule has 2 N–H and O–H groups in total. The van der Waals surface area contributed by atoms with E-state index in [1.54, 1.807) is 37.0 Å². The maximum Gasteiger partial charge on any atom is 0.229 e. The molecular formula is C25H26FN5O2. The summed E-state index contributed by atoms with van der Waals surface area (Å²) in [4.78, 5) is 8.47. The summed E-state index contributed by atoms with van der Waals surface area (Å²) >= 11 is 0. The normalized spacial score (nSPS) is 10.8. The molecule has 33 heavy (non-hydrogen) atoms. The molecule has 2 aromatic heterocycles. The van der Waals surface area contributed by atoms with Crippen molar-refractivity contribution < 1.29 is 13.9 Å². The van der Waals surface area contributed by atoms with E-state index in [-0.39, 0.29) is 11.8 Å². The van der Waals surface area contributed by atoms with Crippen molar-refractivity contribution in [3.05, 3.63) is 89.6 Å². The van der Waals surface area contributed by atoms with Gasteiger partial charge in [-0.3, -0.25) is 0 Å². The van der Waals surface area contributed by atoms with Crippen LogP contribution >= 0.6 is 0 Å². The maximum atomic E-state index is 14.6. The van der Waals surface area contributed by atoms with Gasteiger partial charge in [0.05, 0.1) is 20.4 Å². The summed E-state index contributed by atoms with van der Waals surface area (Å²) in [5.41, 5.74) is 3.98. The van der Waals surface area contributed by atoms with E-state index >= 15 is 0 Å². The lowest BCUT2D eigenvalue weighted by Crippen LogP contribution is -2.12. The third-order valence-corrected chi connectivity index (χ3v) is 5.20. The Kier molecular flexibility index (Phi) is 6.85. The summed E-state index contributed by atoms with van der Waals surface area (Å²) < 4.78 is 26.9. The molecule has 0 aliphatic rings. The van der Waals surface area contributed by atoms with E-state index in [0.717, 1.165) is 23.9 Å². The molecule has 0 spiro atoms. The molecule has 7 nitrogen and oxygen atoms in total. The first kappa shape index (κ1) is 22.3. The molecular weight excluding hydrogens is 421 g/mol. The van der Waals surface area contributed by atoms with Gasteiger partial charge in [0, 0.05) is 49.4 Å². The lowest BCUT2D eigenvalue weighted by Gasteiger charge is -2.11. The van der Waals surface area contributed by atoms with E-state index < -0.39 is 5.82 Å². The number of nitrogens with zero attached hydrogens (tertiary/aromatic N) is 3. The zero-order valence-corrected chi connectivity index (χ0v) is 18.8. The Morgan fingerprint density at radius 1 is 0.970 bits per heavy atom. The van der Waals surface area contributed by atoms with Crippen LogP contribution in [0.4, 0.5) is 16.0 Å². The predicted molar refractivity (Wildman–Crippen MR) is 126 cm³/mol. The second kappa shape index (κ2) is 10.1. The van der Waals surface area contributed by atoms with Crippen LogP contribution in [0.5, 0.6) is 11.5 Å². The average Bonchev–Trinajstić information content (AvgIpc) is 3.20. The maximum absolute atomic E-state index is 14.6. The number of aryl methyl sites for hydroxylation is 1. The number of hydrogen-bond donors (Lipinski definition) is 2. The van der Waals surface area contributed by atoms with Crippen LogP contribution in [0.3, 0.4) is 0 Å². The summed E-state index contributed by atoms with van der Waals surface area (Å²) in [6.07, 6.45) is 4.91. The van der Waals surface area contributed by atoms with Gasteiger partial charge in [-0.1, -0.05) is 30.3 Å². The van der Waals surface area contributed by atoms with E-state index in [1.165, 1.54) is 5.56 Å². The molecule has 0 unspecified atom stereocenters. The number of anilines is 2. The van der Waals surface area contributed by atoms with Crippen LogP contribution in [0.15, 0.2) is 67.1 Å². The van der Waals surface area contributed by atoms with E-state index in [2.05, 4.69) is 32.7 Å². The summed E-state index contributed by atoms with van der Waals surface area (Å²) in [5, 5.41) is 6.52. The largest absolute Gasteiger partial charge is 0.497 e. The molecule has 0 bridgehead atoms. The van der Waals surface area contributed by atoms with Crippen LogP contribution in [0.25, 0.3) is 5.82 Å². The van der Waals surface area contributed by atoms with E-state index in [9.17, 15) is 4.39 Å². The van der Waals surface area contributed by atoms with E-state index in [0.29, 0.717) is 23.7 Å². The summed E-state index contributed by atoms with van der Waals surface area (Å²) in [7, 11) is 3.15. The number of aromatic nitrogens is 3. The van der Waals surface area contributed by atoms with E-state index in [4.69, 9.17) is 9.47 Å². The molecule has 4 aromatic rings. The fraction of sp³-hybridized carbons (Fsp3) is 0.200. The zero-order chi connectivity index (χ0) is 23.2. The molecule has 0 saturated heterocycles. The van der Waals surface area contributed by atoms with Gasteiger partial charge >= 0.3 is 0 Å². The van der Waals surface area contributed by atoms with Gasteiger partial charge in [-0.25, -0.2) is 9.37 Å². The number of benzene rings is 2. The van der Waals surface area contributed by atoms with Gasteiger partial charge in [-0.05, 0) is 23.6 Å². The molecule has 0 aliphatic heterocycles. The monoisotopic (exact) mass is 447 g/mol. The number of nitrogens with one attached hydrogen (secondary N) is 2. The lowest BCUT2D eigenvalue weighted by atomic mass is 10.2. The Bertz CT molecular complexity index is 1200. The highest BCUT2D eigenvalue weighted by Crippen LogP contribution is 2.27. The molecule has 2 aromatic carbocycles. The summed E-state index contributed by atoms with van der Waals surface area (Å²) in [5.74, 6) is 1.15. The van der Waals surface area contributed by atoms with E-state index in [1.807, 2.05) is 37.5 Å². The third-order valence-electron chi connectivity index (χ3n) is 5.20. The Hall–Kier alpha value is -3.91. The molecule has 4 rings (SSSR count). The average molecular weight is 448 g/mol. The molecule has 2 heterocycles. The van der Waals surface area contributed by atoms with Gasteiger partial charge in [0.1, 0.15) is 11.5 Å². The number of ether oxygens (including phenoxy) is 2. The number of rotatable bonds is 9. The van der Waals surface area contributed by atoms with Gasteiger partial charge in [-0.2, -0.15) is 4.98 Å². The van der Waals surface area contributed by atoms with Gasteiger partial charge in [-0.15, -0.1) is 0 Å². The van der Waals surface area contributed by atoms with Gasteiger partial charge in [0.15, 0.2) is 11.6 Å². The molecule has 8 heteroatoms. The summed E-state index contributed by atoms with van der Waals surface area (Å²) in [6, 6.07) is 15.5. The van der Waals surface area contributed by atoms with Crippen molar-refractivity contribution in [3.63, 3.8) is 0 Å². The van der Waals surface area contributed by atoms with Gasteiger partial charge in [0.2, 0.25) is 5.95 Å². The minimum Gasteiger partial charge on any atom is -0.497 e. The van der Waals surface area contributed by atoms with Crippen molar-refractivity contribution in [2.24, 2.45) is 0 Å². The summed E-state index contributed by atoms with van der Waals surface area (Å²) in [6.45, 7) is 3.41. The molecule has 0 saturated carbocycles. The number of hydrogen-bond acceptors (Lipinski definition) is 6. The van der Waals surface area contributed by atoms with Crippen molar-refractivity contribution in [1.29, 1.82) is 0 Å². The zero-order valence-electron chi connectivity index (χ0n) is 18.8. The van der Waals surface area contributed by atoms with Crippen molar-refractivity contribution in [2.75, 3.05) is 19.5 Å². The van der Waals surface area contributed by atoms with Crippen LogP contribution in [-0.4, -0.2) is 28.8 Å². The first-order valence-electron chi connectivity index (χ1n) is 10.5. The van der Waals surface area contributed by atoms with Crippen LogP contribution in [0.2, 0.25) is 0 Å². The predicted octanol–water partition coefficient (Wildman–Crippen LogP) is 4.77. The molecule has 0 radical (unpaired) electrons. The van der Waals surface area contributed by atoms with Crippen LogP contribution < -0.4 is 20.1 Å². The van der Waals surface area contributed by atoms with Crippen LogP contribution in [-0.2, 0) is 13.1 Å². The topological polar surface area (TPSA) is 73.2 Å². The quantitative estimate of drug-likeness (QED) is 0.385. The smallest absolute Gasteiger partial charge is 0.229 e. The number of methoxy groups -OCH3 is 2. The molecule has 0 fully saturated rings. The second-order valence-electron chi connectivity index (χ2n) is 7.55. The molecule has 0 atom stereocenters. The third kappa shape index (κ3) is 5.48. The van der Waals surface area contributed by atoms with Crippen molar-refractivity contribution in [1.82, 2.24) is 19.9 Å². The van der Waals surface area contributed by atoms with Crippen molar-refractivity contribution >= 4 is 11.6 Å². The van der Waals surface area contributed by atoms with Gasteiger partial charge < -0.3 is 24.7 Å². The number of halogens is 1. The minimum atomic E-state index is -0.512. The van der Waals surface area contributed by atoms with Crippen molar-refractivity contribution in [2.45, 2.75) is 20.0 Å². The second-order valence-corrected chi connectivity index (χ2v) is 7.55. The molecule has 0 amide bonds.